The van der Waals surface area contributed by atoms with E-state index in [-0.39, 0.29) is 4.90 Å². The van der Waals surface area contributed by atoms with Crippen molar-refractivity contribution in [2.45, 2.75) is 4.90 Å². The molecule has 0 fully saturated rings. The molecule has 2 aromatic rings. The molecule has 1 amide bonds. The second-order valence-electron chi connectivity index (χ2n) is 5.20. The molecular formula is C17H17FN2O6S. The van der Waals surface area contributed by atoms with E-state index >= 15 is 0 Å². The van der Waals surface area contributed by atoms with Gasteiger partial charge < -0.3 is 14.8 Å². The van der Waals surface area contributed by atoms with Crippen LogP contribution in [0.1, 0.15) is 10.4 Å². The number of amides is 1. The molecule has 2 rings (SSSR count). The Morgan fingerprint density at radius 1 is 1.11 bits per heavy atom. The summed E-state index contributed by atoms with van der Waals surface area (Å²) in [6.45, 7) is -0.673. The van der Waals surface area contributed by atoms with Crippen LogP contribution in [0, 0.1) is 5.82 Å². The lowest BCUT2D eigenvalue weighted by molar-refractivity contribution is -0.119. The van der Waals surface area contributed by atoms with Gasteiger partial charge in [-0.2, -0.15) is 0 Å². The SMILES string of the molecule is CNS(=O)(=O)c1ccc(F)c(C(=O)OCC(=O)Nc2ccc(OC)cc2)c1. The van der Waals surface area contributed by atoms with Gasteiger partial charge in [-0.1, -0.05) is 0 Å². The quantitative estimate of drug-likeness (QED) is 0.687. The summed E-state index contributed by atoms with van der Waals surface area (Å²) in [4.78, 5) is 23.5. The van der Waals surface area contributed by atoms with Gasteiger partial charge in [0.25, 0.3) is 5.91 Å². The predicted octanol–water partition coefficient (Wildman–Crippen LogP) is 1.54. The lowest BCUT2D eigenvalue weighted by Crippen LogP contribution is -2.22. The first kappa shape index (κ1) is 20.3. The molecule has 0 aliphatic carbocycles. The van der Waals surface area contributed by atoms with Gasteiger partial charge in [0.15, 0.2) is 6.61 Å². The molecule has 0 atom stereocenters. The van der Waals surface area contributed by atoms with Crippen LogP contribution in [-0.4, -0.2) is 41.1 Å². The van der Waals surface area contributed by atoms with E-state index in [1.165, 1.54) is 14.2 Å². The van der Waals surface area contributed by atoms with E-state index < -0.39 is 39.9 Å². The molecule has 0 saturated heterocycles. The number of nitrogens with one attached hydrogen (secondary N) is 2. The van der Waals surface area contributed by atoms with Gasteiger partial charge in [0, 0.05) is 5.69 Å². The molecular weight excluding hydrogens is 379 g/mol. The third-order valence-electron chi connectivity index (χ3n) is 3.44. The van der Waals surface area contributed by atoms with Gasteiger partial charge in [0.1, 0.15) is 11.6 Å². The van der Waals surface area contributed by atoms with Crippen molar-refractivity contribution in [1.29, 1.82) is 0 Å². The Bertz CT molecular complexity index is 944. The van der Waals surface area contributed by atoms with E-state index in [4.69, 9.17) is 9.47 Å². The fraction of sp³-hybridized carbons (Fsp3) is 0.176. The van der Waals surface area contributed by atoms with Crippen LogP contribution in [0.2, 0.25) is 0 Å². The summed E-state index contributed by atoms with van der Waals surface area (Å²) >= 11 is 0. The monoisotopic (exact) mass is 396 g/mol. The van der Waals surface area contributed by atoms with Crippen LogP contribution in [0.5, 0.6) is 5.75 Å². The molecule has 144 valence electrons. The summed E-state index contributed by atoms with van der Waals surface area (Å²) in [6, 6.07) is 9.11. The molecule has 0 aromatic heterocycles. The lowest BCUT2D eigenvalue weighted by Gasteiger charge is -2.09. The minimum absolute atomic E-state index is 0.305. The Kier molecular flexibility index (Phi) is 6.48. The van der Waals surface area contributed by atoms with Crippen molar-refractivity contribution in [1.82, 2.24) is 4.72 Å². The first-order chi connectivity index (χ1) is 12.8. The molecule has 0 unspecified atom stereocenters. The van der Waals surface area contributed by atoms with Crippen molar-refractivity contribution in [2.75, 3.05) is 26.1 Å². The zero-order valence-electron chi connectivity index (χ0n) is 14.5. The second kappa shape index (κ2) is 8.60. The highest BCUT2D eigenvalue weighted by atomic mass is 32.2. The van der Waals surface area contributed by atoms with Crippen LogP contribution in [0.4, 0.5) is 10.1 Å². The predicted molar refractivity (Wildman–Crippen MR) is 94.6 cm³/mol. The van der Waals surface area contributed by atoms with Gasteiger partial charge in [0.05, 0.1) is 17.6 Å². The number of halogens is 1. The summed E-state index contributed by atoms with van der Waals surface area (Å²) in [7, 11) is -1.18. The largest absolute Gasteiger partial charge is 0.497 e. The van der Waals surface area contributed by atoms with E-state index in [9.17, 15) is 22.4 Å². The van der Waals surface area contributed by atoms with Gasteiger partial charge >= 0.3 is 5.97 Å². The Morgan fingerprint density at radius 3 is 2.37 bits per heavy atom. The normalized spacial score (nSPS) is 10.9. The van der Waals surface area contributed by atoms with Crippen LogP contribution in [0.25, 0.3) is 0 Å². The van der Waals surface area contributed by atoms with Gasteiger partial charge in [0.2, 0.25) is 10.0 Å². The van der Waals surface area contributed by atoms with E-state index in [2.05, 4.69) is 10.0 Å². The van der Waals surface area contributed by atoms with Crippen molar-refractivity contribution >= 4 is 27.6 Å². The number of methoxy groups -OCH3 is 1. The minimum Gasteiger partial charge on any atom is -0.497 e. The smallest absolute Gasteiger partial charge is 0.341 e. The van der Waals surface area contributed by atoms with Crippen molar-refractivity contribution in [3.05, 3.63) is 53.8 Å². The third kappa shape index (κ3) is 5.25. The molecule has 0 saturated carbocycles. The van der Waals surface area contributed by atoms with E-state index in [1.54, 1.807) is 24.3 Å². The van der Waals surface area contributed by atoms with Crippen LogP contribution in [0.3, 0.4) is 0 Å². The molecule has 0 spiro atoms. The average Bonchev–Trinajstić information content (AvgIpc) is 2.67. The highest BCUT2D eigenvalue weighted by Gasteiger charge is 2.20. The summed E-state index contributed by atoms with van der Waals surface area (Å²) in [5, 5.41) is 2.49. The Balaban J connectivity index is 2.02. The van der Waals surface area contributed by atoms with Gasteiger partial charge in [-0.05, 0) is 49.5 Å². The number of sulfonamides is 1. The first-order valence-corrected chi connectivity index (χ1v) is 9.09. The number of hydrogen-bond acceptors (Lipinski definition) is 6. The Morgan fingerprint density at radius 2 is 1.78 bits per heavy atom. The maximum Gasteiger partial charge on any atom is 0.341 e. The molecule has 2 aromatic carbocycles. The van der Waals surface area contributed by atoms with Crippen molar-refractivity contribution < 1.29 is 31.9 Å². The van der Waals surface area contributed by atoms with Crippen LogP contribution in [-0.2, 0) is 19.6 Å². The summed E-state index contributed by atoms with van der Waals surface area (Å²) in [6.07, 6.45) is 0. The van der Waals surface area contributed by atoms with Crippen LogP contribution < -0.4 is 14.8 Å². The molecule has 0 aliphatic heterocycles. The number of esters is 1. The fourth-order valence-corrected chi connectivity index (χ4v) is 2.78. The van der Waals surface area contributed by atoms with Crippen molar-refractivity contribution in [3.63, 3.8) is 0 Å². The van der Waals surface area contributed by atoms with E-state index in [0.717, 1.165) is 18.2 Å². The number of rotatable bonds is 7. The molecule has 10 heteroatoms. The summed E-state index contributed by atoms with van der Waals surface area (Å²) in [5.41, 5.74) is -0.145. The summed E-state index contributed by atoms with van der Waals surface area (Å²) < 4.78 is 49.1. The number of ether oxygens (including phenoxy) is 2. The third-order valence-corrected chi connectivity index (χ3v) is 4.86. The van der Waals surface area contributed by atoms with E-state index in [0.29, 0.717) is 11.4 Å². The second-order valence-corrected chi connectivity index (χ2v) is 7.09. The molecule has 0 aliphatic rings. The number of carbonyl (C=O) groups excluding carboxylic acids is 2. The van der Waals surface area contributed by atoms with Crippen molar-refractivity contribution in [3.8, 4) is 5.75 Å². The number of benzene rings is 2. The standard InChI is InChI=1S/C17H17FN2O6S/c1-19-27(23,24)13-7-8-15(18)14(9-13)17(22)26-10-16(21)20-11-3-5-12(25-2)6-4-11/h3-9,19H,10H2,1-2H3,(H,20,21). The molecule has 0 bridgehead atoms. The number of carbonyl (C=O) groups is 2. The molecule has 8 nitrogen and oxygen atoms in total. The van der Waals surface area contributed by atoms with E-state index in [1.807, 2.05) is 0 Å². The zero-order chi connectivity index (χ0) is 20.0. The first-order valence-electron chi connectivity index (χ1n) is 7.61. The summed E-state index contributed by atoms with van der Waals surface area (Å²) in [5.74, 6) is -2.17. The molecule has 27 heavy (non-hydrogen) atoms. The van der Waals surface area contributed by atoms with Crippen LogP contribution in [0.15, 0.2) is 47.4 Å². The maximum absolute atomic E-state index is 13.8. The Labute approximate surface area is 155 Å². The minimum atomic E-state index is -3.86. The molecule has 2 N–H and O–H groups in total. The topological polar surface area (TPSA) is 111 Å². The molecule has 0 heterocycles. The van der Waals surface area contributed by atoms with Gasteiger partial charge in [-0.3, -0.25) is 4.79 Å². The van der Waals surface area contributed by atoms with Crippen LogP contribution >= 0.6 is 0 Å². The van der Waals surface area contributed by atoms with Gasteiger partial charge in [-0.25, -0.2) is 22.3 Å². The number of anilines is 1. The highest BCUT2D eigenvalue weighted by Crippen LogP contribution is 2.17. The average molecular weight is 396 g/mol. The maximum atomic E-state index is 13.8. The Hall–Kier alpha value is -2.98. The zero-order valence-corrected chi connectivity index (χ0v) is 15.3. The number of hydrogen-bond donors (Lipinski definition) is 2. The lowest BCUT2D eigenvalue weighted by atomic mass is 10.2. The van der Waals surface area contributed by atoms with Crippen molar-refractivity contribution in [2.24, 2.45) is 0 Å². The molecule has 0 radical (unpaired) electrons. The van der Waals surface area contributed by atoms with Gasteiger partial charge in [-0.15, -0.1) is 0 Å². The highest BCUT2D eigenvalue weighted by molar-refractivity contribution is 7.89. The fourth-order valence-electron chi connectivity index (χ4n) is 2.03.